The van der Waals surface area contributed by atoms with Gasteiger partial charge in [-0.25, -0.2) is 14.8 Å². The topological polar surface area (TPSA) is 129 Å². The van der Waals surface area contributed by atoms with E-state index in [2.05, 4.69) is 30.9 Å². The van der Waals surface area contributed by atoms with Crippen molar-refractivity contribution in [3.63, 3.8) is 0 Å². The van der Waals surface area contributed by atoms with Crippen LogP contribution in [0.15, 0.2) is 29.8 Å². The van der Waals surface area contributed by atoms with E-state index in [1.165, 1.54) is 11.2 Å². The normalized spacial score (nSPS) is 28.2. The van der Waals surface area contributed by atoms with Gasteiger partial charge in [0.05, 0.1) is 29.6 Å². The molecule has 2 saturated carbocycles. The minimum atomic E-state index is -4.39. The van der Waals surface area contributed by atoms with Crippen LogP contribution in [0.3, 0.4) is 0 Å². The molecule has 0 saturated heterocycles. The van der Waals surface area contributed by atoms with Crippen molar-refractivity contribution in [1.29, 1.82) is 0 Å². The lowest BCUT2D eigenvalue weighted by Crippen LogP contribution is -2.54. The molecule has 11 nitrogen and oxygen atoms in total. The highest BCUT2D eigenvalue weighted by molar-refractivity contribution is 6.10. The highest BCUT2D eigenvalue weighted by Gasteiger charge is 2.47. The number of amidine groups is 1. The van der Waals surface area contributed by atoms with Crippen LogP contribution in [-0.2, 0) is 9.53 Å². The van der Waals surface area contributed by atoms with E-state index in [0.717, 1.165) is 11.4 Å². The smallest absolute Gasteiger partial charge is 0.381 e. The van der Waals surface area contributed by atoms with Crippen molar-refractivity contribution in [1.82, 2.24) is 30.1 Å². The lowest BCUT2D eigenvalue weighted by molar-refractivity contribution is -0.190. The van der Waals surface area contributed by atoms with Crippen molar-refractivity contribution in [3.8, 4) is 0 Å². The van der Waals surface area contributed by atoms with E-state index in [4.69, 9.17) is 4.74 Å². The summed E-state index contributed by atoms with van der Waals surface area (Å²) in [5, 5.41) is 9.14. The summed E-state index contributed by atoms with van der Waals surface area (Å²) in [6.07, 6.45) is 1.88. The number of anilines is 1. The first-order chi connectivity index (χ1) is 19.5. The van der Waals surface area contributed by atoms with Gasteiger partial charge in [0.25, 0.3) is 0 Å². The number of hydrogen-bond donors (Lipinski definition) is 4. The Morgan fingerprint density at radius 1 is 1.12 bits per heavy atom. The number of nitrogens with one attached hydrogen (secondary N) is 4. The zero-order valence-corrected chi connectivity index (χ0v) is 23.4. The largest absolute Gasteiger partial charge is 0.391 e. The second kappa shape index (κ2) is 11.7. The summed E-state index contributed by atoms with van der Waals surface area (Å²) in [5.74, 6) is -1.44. The van der Waals surface area contributed by atoms with Crippen molar-refractivity contribution in [2.75, 3.05) is 26.1 Å². The molecule has 0 aromatic carbocycles. The molecule has 3 amide bonds. The van der Waals surface area contributed by atoms with Gasteiger partial charge in [0.15, 0.2) is 0 Å². The first-order valence-electron chi connectivity index (χ1n) is 13.9. The molecule has 5 unspecified atom stereocenters. The van der Waals surface area contributed by atoms with E-state index in [9.17, 15) is 22.8 Å². The number of aliphatic imine (C=N–C) groups is 1. The molecule has 0 bridgehead atoms. The standard InChI is InChI=1S/C27H37F3N8O3/c1-15-12-38(14-34-15)20-7-16(6-17(8-20)27(28,29)30)25(39)35-18-9-19(11-21(10-18)41-3)36-26(40)37(2)24-22-4-5-31-23(22)32-13-33-24/h4-5,12,14,16-21,31-32H,6-11,13H2,1-3H3,(H,35,39)(H,36,40)/t16?,17?,18?,19?,20-,21?/m0/s1. The molecule has 3 aliphatic rings. The number of carbonyl (C=O) groups is 2. The Hall–Kier alpha value is -3.55. The van der Waals surface area contributed by atoms with Gasteiger partial charge in [-0.05, 0) is 51.5 Å². The van der Waals surface area contributed by atoms with Crippen molar-refractivity contribution in [2.24, 2.45) is 16.8 Å². The Bertz CT molecular complexity index is 1270. The molecule has 2 aromatic rings. The lowest BCUT2D eigenvalue weighted by Gasteiger charge is -2.38. The van der Waals surface area contributed by atoms with Crippen LogP contribution < -0.4 is 16.0 Å². The number of amides is 3. The Morgan fingerprint density at radius 2 is 1.88 bits per heavy atom. The van der Waals surface area contributed by atoms with Gasteiger partial charge in [0.2, 0.25) is 5.91 Å². The fourth-order valence-corrected chi connectivity index (χ4v) is 6.30. The predicted molar refractivity (Wildman–Crippen MR) is 145 cm³/mol. The van der Waals surface area contributed by atoms with Crippen molar-refractivity contribution in [2.45, 2.75) is 75.9 Å². The number of rotatable bonds is 5. The van der Waals surface area contributed by atoms with Gasteiger partial charge in [-0.3, -0.25) is 9.69 Å². The first-order valence-corrected chi connectivity index (χ1v) is 13.9. The molecule has 1 aliphatic heterocycles. The second-order valence-electron chi connectivity index (χ2n) is 11.3. The summed E-state index contributed by atoms with van der Waals surface area (Å²) < 4.78 is 48.8. The summed E-state index contributed by atoms with van der Waals surface area (Å²) >= 11 is 0. The van der Waals surface area contributed by atoms with Crippen LogP contribution in [0.2, 0.25) is 0 Å². The Labute approximate surface area is 236 Å². The van der Waals surface area contributed by atoms with Crippen molar-refractivity contribution in [3.05, 3.63) is 36.0 Å². The number of alkyl halides is 3. The molecular formula is C27H37F3N8O3. The van der Waals surface area contributed by atoms with Gasteiger partial charge in [-0.2, -0.15) is 13.2 Å². The van der Waals surface area contributed by atoms with Crippen LogP contribution in [0.5, 0.6) is 0 Å². The molecule has 41 heavy (non-hydrogen) atoms. The number of methoxy groups -OCH3 is 1. The Balaban J connectivity index is 1.23. The van der Waals surface area contributed by atoms with Gasteiger partial charge in [0.1, 0.15) is 18.3 Å². The summed E-state index contributed by atoms with van der Waals surface area (Å²) in [7, 11) is 3.22. The van der Waals surface area contributed by atoms with Crippen LogP contribution in [0, 0.1) is 18.8 Å². The third kappa shape index (κ3) is 6.52. The fraction of sp³-hybridized carbons (Fsp3) is 0.630. The van der Waals surface area contributed by atoms with Crippen molar-refractivity contribution >= 4 is 23.6 Å². The molecule has 14 heteroatoms. The van der Waals surface area contributed by atoms with Gasteiger partial charge in [0, 0.05) is 50.6 Å². The quantitative estimate of drug-likeness (QED) is 0.431. The fourth-order valence-electron chi connectivity index (χ4n) is 6.30. The molecule has 0 spiro atoms. The molecule has 5 rings (SSSR count). The predicted octanol–water partition coefficient (Wildman–Crippen LogP) is 3.56. The molecule has 0 radical (unpaired) electrons. The van der Waals surface area contributed by atoms with Gasteiger partial charge >= 0.3 is 12.2 Å². The number of aromatic amines is 1. The number of nitrogens with zero attached hydrogens (tertiary/aromatic N) is 4. The van der Waals surface area contributed by atoms with Crippen LogP contribution >= 0.6 is 0 Å². The number of H-pyrrole nitrogens is 1. The van der Waals surface area contributed by atoms with Gasteiger partial charge < -0.3 is 30.2 Å². The highest BCUT2D eigenvalue weighted by atomic mass is 19.4. The molecule has 2 aromatic heterocycles. The van der Waals surface area contributed by atoms with Crippen LogP contribution in [0.4, 0.5) is 23.8 Å². The number of imidazole rings is 1. The number of ether oxygens (including phenoxy) is 1. The number of urea groups is 1. The lowest BCUT2D eigenvalue weighted by atomic mass is 9.77. The van der Waals surface area contributed by atoms with Crippen molar-refractivity contribution < 1.29 is 27.5 Å². The third-order valence-electron chi connectivity index (χ3n) is 8.43. The molecule has 224 valence electrons. The number of hydrogen-bond acceptors (Lipinski definition) is 6. The minimum Gasteiger partial charge on any atom is -0.381 e. The third-order valence-corrected chi connectivity index (χ3v) is 8.43. The SMILES string of the molecule is COC1CC(NC(=O)C2CC(C(F)(F)F)C[C@@H](n3cnc(C)c3)C2)CC(NC(=O)N(C)C2=NCNc3[nH]ccc32)C1. The molecule has 3 heterocycles. The zero-order valence-electron chi connectivity index (χ0n) is 23.4. The molecular weight excluding hydrogens is 541 g/mol. The van der Waals surface area contributed by atoms with Gasteiger partial charge in [-0.1, -0.05) is 0 Å². The second-order valence-corrected chi connectivity index (χ2v) is 11.3. The summed E-state index contributed by atoms with van der Waals surface area (Å²) in [5.41, 5.74) is 1.50. The highest BCUT2D eigenvalue weighted by Crippen LogP contribution is 2.44. The number of halogens is 3. The van der Waals surface area contributed by atoms with E-state index < -0.39 is 30.0 Å². The van der Waals surface area contributed by atoms with Crippen LogP contribution in [-0.4, -0.2) is 82.4 Å². The maximum atomic E-state index is 13.8. The van der Waals surface area contributed by atoms with Gasteiger partial charge in [-0.15, -0.1) is 0 Å². The van der Waals surface area contributed by atoms with E-state index in [-0.39, 0.29) is 37.1 Å². The zero-order chi connectivity index (χ0) is 29.3. The number of aromatic nitrogens is 3. The number of aryl methyl sites for hydroxylation is 1. The molecule has 4 N–H and O–H groups in total. The average Bonchev–Trinajstić information content (AvgIpc) is 3.60. The van der Waals surface area contributed by atoms with Crippen LogP contribution in [0.25, 0.3) is 0 Å². The van der Waals surface area contributed by atoms with E-state index in [1.54, 1.807) is 38.0 Å². The Kier molecular flexibility index (Phi) is 8.30. The first kappa shape index (κ1) is 29.0. The number of fused-ring (bicyclic) bond motifs is 1. The average molecular weight is 579 g/mol. The molecule has 2 fully saturated rings. The summed E-state index contributed by atoms with van der Waals surface area (Å²) in [6, 6.07) is 0.363. The van der Waals surface area contributed by atoms with E-state index >= 15 is 0 Å². The summed E-state index contributed by atoms with van der Waals surface area (Å²) in [6.45, 7) is 2.12. The number of carbonyl (C=O) groups excluding carboxylic acids is 2. The molecule has 6 atom stereocenters. The maximum Gasteiger partial charge on any atom is 0.391 e. The Morgan fingerprint density at radius 3 is 2.56 bits per heavy atom. The monoisotopic (exact) mass is 578 g/mol. The summed E-state index contributed by atoms with van der Waals surface area (Å²) in [4.78, 5) is 39.7. The minimum absolute atomic E-state index is 0.0779. The maximum absolute atomic E-state index is 13.8. The van der Waals surface area contributed by atoms with E-state index in [1.807, 2.05) is 6.07 Å². The molecule has 2 aliphatic carbocycles. The van der Waals surface area contributed by atoms with Crippen LogP contribution in [0.1, 0.15) is 55.8 Å². The van der Waals surface area contributed by atoms with E-state index in [0.29, 0.717) is 43.9 Å².